The van der Waals surface area contributed by atoms with Gasteiger partial charge >= 0.3 is 0 Å². The molecule has 0 aliphatic rings. The summed E-state index contributed by atoms with van der Waals surface area (Å²) in [6.45, 7) is 3.46. The fraction of sp³-hybridized carbons (Fsp3) is 0.417. The second kappa shape index (κ2) is 6.14. The monoisotopic (exact) mass is 286 g/mol. The Morgan fingerprint density at radius 1 is 1.37 bits per heavy atom. The van der Waals surface area contributed by atoms with Crippen LogP contribution in [0.3, 0.4) is 0 Å². The Labute approximate surface area is 112 Å². The number of carbonyl (C=O) groups is 1. The summed E-state index contributed by atoms with van der Waals surface area (Å²) >= 11 is 0. The zero-order valence-corrected chi connectivity index (χ0v) is 11.8. The van der Waals surface area contributed by atoms with E-state index in [2.05, 4.69) is 5.32 Å². The molecule has 0 bridgehead atoms. The first-order chi connectivity index (χ1) is 8.75. The molecule has 0 aliphatic carbocycles. The number of hydrogen-bond acceptors (Lipinski definition) is 4. The lowest BCUT2D eigenvalue weighted by molar-refractivity contribution is -0.116. The van der Waals surface area contributed by atoms with Crippen LogP contribution in [0, 0.1) is 13.8 Å². The van der Waals surface area contributed by atoms with Gasteiger partial charge in [0.05, 0.1) is 4.90 Å². The predicted molar refractivity (Wildman–Crippen MR) is 72.2 cm³/mol. The number of rotatable bonds is 5. The number of nitrogens with two attached hydrogens (primary N) is 1. The van der Waals surface area contributed by atoms with Gasteiger partial charge in [0, 0.05) is 18.7 Å². The lowest BCUT2D eigenvalue weighted by atomic mass is 10.1. The molecule has 1 aromatic rings. The van der Waals surface area contributed by atoms with Crippen molar-refractivity contribution in [1.82, 2.24) is 0 Å². The first kappa shape index (κ1) is 15.6. The highest BCUT2D eigenvalue weighted by atomic mass is 32.2. The number of aliphatic hydroxyl groups excluding tert-OH is 1. The molecule has 0 atom stereocenters. The van der Waals surface area contributed by atoms with E-state index in [-0.39, 0.29) is 23.8 Å². The van der Waals surface area contributed by atoms with Crippen molar-refractivity contribution in [3.63, 3.8) is 0 Å². The lowest BCUT2D eigenvalue weighted by Gasteiger charge is -2.12. The number of carbonyl (C=O) groups excluding carboxylic acids is 1. The maximum Gasteiger partial charge on any atom is 0.238 e. The fourth-order valence-electron chi connectivity index (χ4n) is 1.57. The number of benzene rings is 1. The average Bonchev–Trinajstić information content (AvgIpc) is 2.30. The third kappa shape index (κ3) is 4.30. The Morgan fingerprint density at radius 2 is 2.00 bits per heavy atom. The summed E-state index contributed by atoms with van der Waals surface area (Å²) in [6, 6.07) is 2.81. The van der Waals surface area contributed by atoms with Crippen LogP contribution in [0.4, 0.5) is 5.69 Å². The van der Waals surface area contributed by atoms with Gasteiger partial charge in [0.1, 0.15) is 0 Å². The van der Waals surface area contributed by atoms with Crippen molar-refractivity contribution in [2.24, 2.45) is 5.14 Å². The molecule has 0 fully saturated rings. The summed E-state index contributed by atoms with van der Waals surface area (Å²) in [5.74, 6) is -0.275. The number of primary sulfonamides is 1. The number of sulfonamides is 1. The zero-order chi connectivity index (χ0) is 14.6. The molecule has 0 saturated heterocycles. The SMILES string of the molecule is Cc1cc(S(N)(=O)=O)cc(NC(=O)CCCO)c1C. The Hall–Kier alpha value is -1.44. The van der Waals surface area contributed by atoms with E-state index < -0.39 is 10.0 Å². The van der Waals surface area contributed by atoms with Crippen molar-refractivity contribution in [3.8, 4) is 0 Å². The zero-order valence-electron chi connectivity index (χ0n) is 10.9. The van der Waals surface area contributed by atoms with Crippen molar-refractivity contribution in [2.45, 2.75) is 31.6 Å². The smallest absolute Gasteiger partial charge is 0.238 e. The van der Waals surface area contributed by atoms with Gasteiger partial charge in [0.15, 0.2) is 0 Å². The summed E-state index contributed by atoms with van der Waals surface area (Å²) < 4.78 is 22.7. The standard InChI is InChI=1S/C12H18N2O4S/c1-8-6-10(19(13,17)18)7-11(9(8)2)14-12(16)4-3-5-15/h6-7,15H,3-5H2,1-2H3,(H,14,16)(H2,13,17,18). The van der Waals surface area contributed by atoms with Gasteiger partial charge in [-0.15, -0.1) is 0 Å². The van der Waals surface area contributed by atoms with E-state index in [9.17, 15) is 13.2 Å². The quantitative estimate of drug-likeness (QED) is 0.738. The van der Waals surface area contributed by atoms with Gasteiger partial charge in [-0.2, -0.15) is 0 Å². The van der Waals surface area contributed by atoms with Crippen LogP contribution in [0.2, 0.25) is 0 Å². The molecule has 106 valence electrons. The first-order valence-corrected chi connectivity index (χ1v) is 7.35. The molecular formula is C12H18N2O4S. The van der Waals surface area contributed by atoms with Crippen LogP contribution < -0.4 is 10.5 Å². The molecule has 0 aliphatic heterocycles. The highest BCUT2D eigenvalue weighted by Crippen LogP contribution is 2.23. The third-order valence-corrected chi connectivity index (χ3v) is 3.70. The van der Waals surface area contributed by atoms with Gasteiger partial charge in [-0.25, -0.2) is 13.6 Å². The summed E-state index contributed by atoms with van der Waals surface area (Å²) in [6.07, 6.45) is 0.535. The summed E-state index contributed by atoms with van der Waals surface area (Å²) in [5, 5.41) is 16.4. The molecule has 0 heterocycles. The van der Waals surface area contributed by atoms with Gasteiger partial charge in [-0.05, 0) is 43.5 Å². The van der Waals surface area contributed by atoms with E-state index in [0.29, 0.717) is 12.1 Å². The van der Waals surface area contributed by atoms with E-state index in [1.807, 2.05) is 0 Å². The minimum Gasteiger partial charge on any atom is -0.396 e. The van der Waals surface area contributed by atoms with E-state index in [0.717, 1.165) is 11.1 Å². The number of amides is 1. The second-order valence-electron chi connectivity index (χ2n) is 4.33. The lowest BCUT2D eigenvalue weighted by Crippen LogP contribution is -2.16. The van der Waals surface area contributed by atoms with Crippen molar-refractivity contribution in [3.05, 3.63) is 23.3 Å². The van der Waals surface area contributed by atoms with Gasteiger partial charge in [0.2, 0.25) is 15.9 Å². The van der Waals surface area contributed by atoms with Crippen LogP contribution in [-0.2, 0) is 14.8 Å². The van der Waals surface area contributed by atoms with E-state index in [1.54, 1.807) is 13.8 Å². The Morgan fingerprint density at radius 3 is 2.53 bits per heavy atom. The van der Waals surface area contributed by atoms with E-state index >= 15 is 0 Å². The van der Waals surface area contributed by atoms with Crippen LogP contribution in [0.1, 0.15) is 24.0 Å². The van der Waals surface area contributed by atoms with Gasteiger partial charge in [-0.1, -0.05) is 0 Å². The molecule has 1 aromatic carbocycles. The predicted octanol–water partition coefficient (Wildman–Crippen LogP) is 0.662. The summed E-state index contributed by atoms with van der Waals surface area (Å²) in [7, 11) is -3.81. The van der Waals surface area contributed by atoms with E-state index in [4.69, 9.17) is 10.2 Å². The molecule has 6 nitrogen and oxygen atoms in total. The van der Waals surface area contributed by atoms with Crippen molar-refractivity contribution in [1.29, 1.82) is 0 Å². The summed E-state index contributed by atoms with van der Waals surface area (Å²) in [4.78, 5) is 11.6. The van der Waals surface area contributed by atoms with Gasteiger partial charge < -0.3 is 10.4 Å². The topological polar surface area (TPSA) is 109 Å². The molecule has 0 aromatic heterocycles. The molecule has 1 rings (SSSR count). The maximum atomic E-state index is 11.6. The van der Waals surface area contributed by atoms with Crippen LogP contribution in [0.25, 0.3) is 0 Å². The molecule has 4 N–H and O–H groups in total. The number of nitrogens with one attached hydrogen (secondary N) is 1. The van der Waals surface area contributed by atoms with Gasteiger partial charge in [-0.3, -0.25) is 4.79 Å². The number of hydrogen-bond donors (Lipinski definition) is 3. The van der Waals surface area contributed by atoms with Crippen molar-refractivity contribution >= 4 is 21.6 Å². The Balaban J connectivity index is 3.07. The Bertz CT molecular complexity index is 582. The minimum atomic E-state index is -3.81. The molecule has 0 radical (unpaired) electrons. The van der Waals surface area contributed by atoms with Crippen LogP contribution in [0.15, 0.2) is 17.0 Å². The maximum absolute atomic E-state index is 11.6. The van der Waals surface area contributed by atoms with Crippen LogP contribution >= 0.6 is 0 Å². The molecule has 0 unspecified atom stereocenters. The number of anilines is 1. The highest BCUT2D eigenvalue weighted by molar-refractivity contribution is 7.89. The molecular weight excluding hydrogens is 268 g/mol. The summed E-state index contributed by atoms with van der Waals surface area (Å²) in [5.41, 5.74) is 1.93. The molecule has 19 heavy (non-hydrogen) atoms. The largest absolute Gasteiger partial charge is 0.396 e. The number of aliphatic hydroxyl groups is 1. The Kier molecular flexibility index (Phi) is 5.04. The first-order valence-electron chi connectivity index (χ1n) is 5.80. The third-order valence-electron chi connectivity index (χ3n) is 2.81. The molecule has 0 spiro atoms. The van der Waals surface area contributed by atoms with Crippen LogP contribution in [0.5, 0.6) is 0 Å². The molecule has 1 amide bonds. The highest BCUT2D eigenvalue weighted by Gasteiger charge is 2.14. The van der Waals surface area contributed by atoms with Crippen molar-refractivity contribution < 1.29 is 18.3 Å². The van der Waals surface area contributed by atoms with Crippen LogP contribution in [-0.4, -0.2) is 26.0 Å². The van der Waals surface area contributed by atoms with E-state index in [1.165, 1.54) is 12.1 Å². The normalized spacial score (nSPS) is 11.4. The number of aryl methyl sites for hydroxylation is 1. The minimum absolute atomic E-state index is 0.0342. The second-order valence-corrected chi connectivity index (χ2v) is 5.89. The fourth-order valence-corrected chi connectivity index (χ4v) is 2.20. The molecule has 0 saturated carbocycles. The molecule has 7 heteroatoms. The van der Waals surface area contributed by atoms with Crippen molar-refractivity contribution in [2.75, 3.05) is 11.9 Å². The average molecular weight is 286 g/mol. The van der Waals surface area contributed by atoms with Gasteiger partial charge in [0.25, 0.3) is 0 Å².